The molecule has 1 fully saturated rings. The minimum atomic E-state index is -0.540. The summed E-state index contributed by atoms with van der Waals surface area (Å²) in [6.07, 6.45) is 1.38. The predicted molar refractivity (Wildman–Crippen MR) is 100 cm³/mol. The van der Waals surface area contributed by atoms with Gasteiger partial charge in [-0.2, -0.15) is 0 Å². The normalized spacial score (nSPS) is 16.9. The Kier molecular flexibility index (Phi) is 4.91. The SMILES string of the molecule is Cc1nc(NC(=O)N2CCC[C@H]2C(N)=O)sc1-c1csc(N(C)C)n1. The molecule has 1 atom stereocenters. The van der Waals surface area contributed by atoms with E-state index in [2.05, 4.69) is 15.3 Å². The van der Waals surface area contributed by atoms with Gasteiger partial charge in [-0.1, -0.05) is 11.3 Å². The van der Waals surface area contributed by atoms with E-state index in [1.54, 1.807) is 11.3 Å². The first-order valence-corrected chi connectivity index (χ1v) is 9.54. The Morgan fingerprint density at radius 2 is 2.16 bits per heavy atom. The van der Waals surface area contributed by atoms with Crippen molar-refractivity contribution in [3.8, 4) is 10.6 Å². The lowest BCUT2D eigenvalue weighted by atomic mass is 10.2. The fourth-order valence-electron chi connectivity index (χ4n) is 2.73. The molecule has 2 aromatic heterocycles. The number of aromatic nitrogens is 2. The fourth-order valence-corrected chi connectivity index (χ4v) is 4.47. The summed E-state index contributed by atoms with van der Waals surface area (Å²) in [6.45, 7) is 2.41. The fraction of sp³-hybridized carbons (Fsp3) is 0.467. The van der Waals surface area contributed by atoms with Crippen LogP contribution in [0.15, 0.2) is 5.38 Å². The molecule has 3 rings (SSSR count). The topological polar surface area (TPSA) is 104 Å². The maximum atomic E-state index is 12.4. The highest BCUT2D eigenvalue weighted by atomic mass is 32.1. The zero-order valence-electron chi connectivity index (χ0n) is 14.3. The summed E-state index contributed by atoms with van der Waals surface area (Å²) in [4.78, 5) is 37.2. The summed E-state index contributed by atoms with van der Waals surface area (Å²) in [7, 11) is 3.89. The van der Waals surface area contributed by atoms with Gasteiger partial charge in [0.1, 0.15) is 6.04 Å². The number of carbonyl (C=O) groups excluding carboxylic acids is 2. The molecule has 10 heteroatoms. The summed E-state index contributed by atoms with van der Waals surface area (Å²) >= 11 is 2.93. The van der Waals surface area contributed by atoms with E-state index >= 15 is 0 Å². The molecule has 25 heavy (non-hydrogen) atoms. The number of thiazole rings is 2. The first-order valence-electron chi connectivity index (χ1n) is 7.84. The van der Waals surface area contributed by atoms with Gasteiger partial charge in [0.05, 0.1) is 16.3 Å². The average Bonchev–Trinajstić information content (AvgIpc) is 3.25. The second kappa shape index (κ2) is 6.96. The zero-order valence-corrected chi connectivity index (χ0v) is 15.9. The standard InChI is InChI=1S/C15H20N6O2S2/c1-8-11(9-7-24-15(18-9)20(2)3)25-13(17-8)19-14(23)21-6-4-5-10(21)12(16)22/h7,10H,4-6H2,1-3H3,(H2,16,22)(H,17,19,23)/t10-/m0/s1. The molecule has 3 N–H and O–H groups in total. The summed E-state index contributed by atoms with van der Waals surface area (Å²) in [5.41, 5.74) is 7.02. The Morgan fingerprint density at radius 1 is 1.40 bits per heavy atom. The van der Waals surface area contributed by atoms with Crippen LogP contribution in [-0.4, -0.2) is 53.5 Å². The molecule has 1 saturated heterocycles. The van der Waals surface area contributed by atoms with Crippen molar-refractivity contribution in [3.63, 3.8) is 0 Å². The van der Waals surface area contributed by atoms with Crippen LogP contribution in [-0.2, 0) is 4.79 Å². The maximum Gasteiger partial charge on any atom is 0.324 e. The lowest BCUT2D eigenvalue weighted by Gasteiger charge is -2.21. The number of anilines is 2. The van der Waals surface area contributed by atoms with Crippen molar-refractivity contribution in [3.05, 3.63) is 11.1 Å². The Bertz CT molecular complexity index is 800. The third kappa shape index (κ3) is 3.59. The molecule has 134 valence electrons. The summed E-state index contributed by atoms with van der Waals surface area (Å²) < 4.78 is 0. The Balaban J connectivity index is 1.76. The van der Waals surface area contributed by atoms with Gasteiger partial charge in [0.25, 0.3) is 0 Å². The summed E-state index contributed by atoms with van der Waals surface area (Å²) in [5.74, 6) is -0.470. The van der Waals surface area contributed by atoms with E-state index in [0.717, 1.165) is 27.8 Å². The van der Waals surface area contributed by atoms with Crippen LogP contribution in [0.5, 0.6) is 0 Å². The van der Waals surface area contributed by atoms with E-state index in [1.165, 1.54) is 16.2 Å². The average molecular weight is 380 g/mol. The molecular formula is C15H20N6O2S2. The number of carbonyl (C=O) groups is 2. The van der Waals surface area contributed by atoms with Crippen molar-refractivity contribution in [2.75, 3.05) is 30.9 Å². The highest BCUT2D eigenvalue weighted by Gasteiger charge is 2.33. The Hall–Kier alpha value is -2.20. The molecular weight excluding hydrogens is 360 g/mol. The molecule has 0 radical (unpaired) electrons. The minimum absolute atomic E-state index is 0.339. The molecule has 0 unspecified atom stereocenters. The predicted octanol–water partition coefficient (Wildman–Crippen LogP) is 2.12. The maximum absolute atomic E-state index is 12.4. The molecule has 8 nitrogen and oxygen atoms in total. The van der Waals surface area contributed by atoms with E-state index in [0.29, 0.717) is 18.1 Å². The number of likely N-dealkylation sites (tertiary alicyclic amines) is 1. The molecule has 0 aliphatic carbocycles. The smallest absolute Gasteiger partial charge is 0.324 e. The number of amides is 3. The van der Waals surface area contributed by atoms with Crippen molar-refractivity contribution in [2.24, 2.45) is 5.73 Å². The third-order valence-electron chi connectivity index (χ3n) is 3.96. The van der Waals surface area contributed by atoms with Crippen LogP contribution in [0.1, 0.15) is 18.5 Å². The number of nitrogens with two attached hydrogens (primary N) is 1. The highest BCUT2D eigenvalue weighted by Crippen LogP contribution is 2.35. The van der Waals surface area contributed by atoms with Crippen molar-refractivity contribution >= 4 is 44.9 Å². The molecule has 2 aromatic rings. The molecule has 0 bridgehead atoms. The van der Waals surface area contributed by atoms with Crippen molar-refractivity contribution in [1.29, 1.82) is 0 Å². The lowest BCUT2D eigenvalue weighted by Crippen LogP contribution is -2.45. The molecule has 3 heterocycles. The van der Waals surface area contributed by atoms with Crippen LogP contribution < -0.4 is 16.0 Å². The van der Waals surface area contributed by atoms with Crippen LogP contribution >= 0.6 is 22.7 Å². The number of hydrogen-bond acceptors (Lipinski definition) is 7. The van der Waals surface area contributed by atoms with E-state index in [4.69, 9.17) is 5.73 Å². The number of rotatable bonds is 4. The van der Waals surface area contributed by atoms with Crippen molar-refractivity contribution in [2.45, 2.75) is 25.8 Å². The van der Waals surface area contributed by atoms with Crippen LogP contribution in [0.3, 0.4) is 0 Å². The number of urea groups is 1. The third-order valence-corrected chi connectivity index (χ3v) is 6.06. The van der Waals surface area contributed by atoms with E-state index in [-0.39, 0.29) is 6.03 Å². The minimum Gasteiger partial charge on any atom is -0.368 e. The van der Waals surface area contributed by atoms with Gasteiger partial charge in [-0.25, -0.2) is 14.8 Å². The number of aryl methyl sites for hydroxylation is 1. The zero-order chi connectivity index (χ0) is 18.1. The molecule has 0 aromatic carbocycles. The largest absolute Gasteiger partial charge is 0.368 e. The molecule has 1 aliphatic rings. The van der Waals surface area contributed by atoms with E-state index in [1.807, 2.05) is 31.3 Å². The van der Waals surface area contributed by atoms with Crippen LogP contribution in [0.25, 0.3) is 10.6 Å². The van der Waals surface area contributed by atoms with Gasteiger partial charge in [0.15, 0.2) is 10.3 Å². The molecule has 3 amide bonds. The van der Waals surface area contributed by atoms with Gasteiger partial charge < -0.3 is 15.5 Å². The van der Waals surface area contributed by atoms with E-state index < -0.39 is 11.9 Å². The highest BCUT2D eigenvalue weighted by molar-refractivity contribution is 7.19. The molecule has 0 saturated carbocycles. The summed E-state index contributed by atoms with van der Waals surface area (Å²) in [6, 6.07) is -0.879. The van der Waals surface area contributed by atoms with Gasteiger partial charge in [0.2, 0.25) is 5.91 Å². The number of hydrogen-bond donors (Lipinski definition) is 2. The quantitative estimate of drug-likeness (QED) is 0.845. The number of nitrogens with zero attached hydrogens (tertiary/aromatic N) is 4. The van der Waals surface area contributed by atoms with Gasteiger partial charge in [0, 0.05) is 26.0 Å². The lowest BCUT2D eigenvalue weighted by molar-refractivity contribution is -0.121. The number of nitrogens with one attached hydrogen (secondary N) is 1. The Labute approximate surface area is 153 Å². The van der Waals surface area contributed by atoms with Gasteiger partial charge >= 0.3 is 6.03 Å². The first kappa shape index (κ1) is 17.6. The van der Waals surface area contributed by atoms with Crippen LogP contribution in [0, 0.1) is 6.92 Å². The van der Waals surface area contributed by atoms with Crippen LogP contribution in [0.4, 0.5) is 15.1 Å². The molecule has 1 aliphatic heterocycles. The molecule has 0 spiro atoms. The van der Waals surface area contributed by atoms with Crippen molar-refractivity contribution in [1.82, 2.24) is 14.9 Å². The summed E-state index contributed by atoms with van der Waals surface area (Å²) in [5, 5.41) is 6.16. The second-order valence-electron chi connectivity index (χ2n) is 6.03. The van der Waals surface area contributed by atoms with Gasteiger partial charge in [-0.05, 0) is 19.8 Å². The van der Waals surface area contributed by atoms with Crippen molar-refractivity contribution < 1.29 is 9.59 Å². The Morgan fingerprint density at radius 3 is 2.80 bits per heavy atom. The van der Waals surface area contributed by atoms with Crippen LogP contribution in [0.2, 0.25) is 0 Å². The number of primary amides is 1. The first-order chi connectivity index (χ1) is 11.9. The second-order valence-corrected chi connectivity index (χ2v) is 7.86. The van der Waals surface area contributed by atoms with Gasteiger partial charge in [-0.3, -0.25) is 10.1 Å². The van der Waals surface area contributed by atoms with E-state index in [9.17, 15) is 9.59 Å². The van der Waals surface area contributed by atoms with Gasteiger partial charge in [-0.15, -0.1) is 11.3 Å². The monoisotopic (exact) mass is 380 g/mol.